The molecule has 0 N–H and O–H groups in total. The molecule has 0 unspecified atom stereocenters. The predicted molar refractivity (Wildman–Crippen MR) is 61.8 cm³/mol. The Morgan fingerprint density at radius 3 is 2.79 bits per heavy atom. The Kier molecular flexibility index (Phi) is 3.86. The van der Waals surface area contributed by atoms with Crippen molar-refractivity contribution in [1.29, 1.82) is 0 Å². The summed E-state index contributed by atoms with van der Waals surface area (Å²) in [4.78, 5) is 4.08. The molecule has 0 radical (unpaired) electrons. The molecule has 0 amide bonds. The smallest absolute Gasteiger partial charge is 0.0346 e. The van der Waals surface area contributed by atoms with Gasteiger partial charge in [0.1, 0.15) is 0 Å². The van der Waals surface area contributed by atoms with Crippen LogP contribution in [0, 0.1) is 0 Å². The van der Waals surface area contributed by atoms with Gasteiger partial charge >= 0.3 is 0 Å². The van der Waals surface area contributed by atoms with Crippen LogP contribution < -0.4 is 0 Å². The quantitative estimate of drug-likeness (QED) is 0.655. The Balaban J connectivity index is 3.05. The van der Waals surface area contributed by atoms with Gasteiger partial charge in [0.2, 0.25) is 0 Å². The summed E-state index contributed by atoms with van der Waals surface area (Å²) in [7, 11) is 0. The summed E-state index contributed by atoms with van der Waals surface area (Å²) < 4.78 is 0. The SMILES string of the molecule is C=C/C(=C\C(C)=C/C)c1cccnc1. The zero-order valence-corrected chi connectivity index (χ0v) is 8.70. The van der Waals surface area contributed by atoms with Crippen molar-refractivity contribution < 1.29 is 0 Å². The maximum absolute atomic E-state index is 4.08. The maximum Gasteiger partial charge on any atom is 0.0346 e. The molecule has 1 heterocycles. The van der Waals surface area contributed by atoms with Gasteiger partial charge in [0, 0.05) is 12.4 Å². The Bertz CT molecular complexity index is 358. The second-order valence-corrected chi connectivity index (χ2v) is 3.08. The minimum atomic E-state index is 1.10. The third-order valence-corrected chi connectivity index (χ3v) is 2.05. The lowest BCUT2D eigenvalue weighted by Crippen LogP contribution is -1.82. The highest BCUT2D eigenvalue weighted by Crippen LogP contribution is 2.15. The van der Waals surface area contributed by atoms with Crippen LogP contribution in [0.2, 0.25) is 0 Å². The summed E-state index contributed by atoms with van der Waals surface area (Å²) in [5, 5.41) is 0. The van der Waals surface area contributed by atoms with Crippen molar-refractivity contribution in [3.63, 3.8) is 0 Å². The van der Waals surface area contributed by atoms with Gasteiger partial charge in [0.25, 0.3) is 0 Å². The van der Waals surface area contributed by atoms with Gasteiger partial charge in [-0.3, -0.25) is 4.98 Å². The summed E-state index contributed by atoms with van der Waals surface area (Å²) in [6.07, 6.45) is 9.64. The van der Waals surface area contributed by atoms with Crippen LogP contribution in [0.15, 0.2) is 54.9 Å². The molecule has 14 heavy (non-hydrogen) atoms. The van der Waals surface area contributed by atoms with E-state index < -0.39 is 0 Å². The van der Waals surface area contributed by atoms with Gasteiger partial charge in [-0.15, -0.1) is 0 Å². The first kappa shape index (κ1) is 10.5. The Morgan fingerprint density at radius 2 is 2.29 bits per heavy atom. The summed E-state index contributed by atoms with van der Waals surface area (Å²) in [5.41, 5.74) is 3.43. The maximum atomic E-state index is 4.08. The minimum Gasteiger partial charge on any atom is -0.264 e. The van der Waals surface area contributed by atoms with Crippen LogP contribution in [-0.2, 0) is 0 Å². The largest absolute Gasteiger partial charge is 0.264 e. The molecule has 0 aliphatic carbocycles. The van der Waals surface area contributed by atoms with Crippen molar-refractivity contribution in [1.82, 2.24) is 4.98 Å². The highest BCUT2D eigenvalue weighted by atomic mass is 14.6. The van der Waals surface area contributed by atoms with Crippen molar-refractivity contribution in [2.24, 2.45) is 0 Å². The van der Waals surface area contributed by atoms with Crippen LogP contribution in [0.1, 0.15) is 19.4 Å². The molecule has 1 aromatic rings. The van der Waals surface area contributed by atoms with Crippen LogP contribution in [0.3, 0.4) is 0 Å². The van der Waals surface area contributed by atoms with Crippen LogP contribution in [0.25, 0.3) is 5.57 Å². The van der Waals surface area contributed by atoms with E-state index in [-0.39, 0.29) is 0 Å². The summed E-state index contributed by atoms with van der Waals surface area (Å²) in [5.74, 6) is 0. The molecule has 0 saturated carbocycles. The average Bonchev–Trinajstić information content (AvgIpc) is 2.26. The van der Waals surface area contributed by atoms with Crippen LogP contribution in [0.4, 0.5) is 0 Å². The molecule has 1 aromatic heterocycles. The highest BCUT2D eigenvalue weighted by molar-refractivity contribution is 5.74. The molecule has 1 rings (SSSR count). The topological polar surface area (TPSA) is 12.9 Å². The van der Waals surface area contributed by atoms with Gasteiger partial charge in [0.05, 0.1) is 0 Å². The van der Waals surface area contributed by atoms with Crippen molar-refractivity contribution in [3.8, 4) is 0 Å². The number of pyridine rings is 1. The molecule has 0 aliphatic heterocycles. The van der Waals surface area contributed by atoms with Crippen molar-refractivity contribution >= 4 is 5.57 Å². The number of nitrogens with zero attached hydrogens (tertiary/aromatic N) is 1. The summed E-state index contributed by atoms with van der Waals surface area (Å²) in [6.45, 7) is 7.89. The number of rotatable bonds is 3. The second kappa shape index (κ2) is 5.18. The molecular weight excluding hydrogens is 170 g/mol. The fraction of sp³-hybridized carbons (Fsp3) is 0.154. The summed E-state index contributed by atoms with van der Waals surface area (Å²) >= 11 is 0. The zero-order chi connectivity index (χ0) is 10.4. The van der Waals surface area contributed by atoms with E-state index >= 15 is 0 Å². The average molecular weight is 185 g/mol. The summed E-state index contributed by atoms with van der Waals surface area (Å²) in [6, 6.07) is 3.96. The predicted octanol–water partition coefficient (Wildman–Crippen LogP) is 3.62. The van der Waals surface area contributed by atoms with Crippen LogP contribution in [-0.4, -0.2) is 4.98 Å². The fourth-order valence-corrected chi connectivity index (χ4v) is 1.12. The van der Waals surface area contributed by atoms with E-state index in [0.29, 0.717) is 0 Å². The Labute approximate surface area is 85.5 Å². The highest BCUT2D eigenvalue weighted by Gasteiger charge is 1.95. The third kappa shape index (κ3) is 2.70. The van der Waals surface area contributed by atoms with E-state index in [0.717, 1.165) is 11.1 Å². The molecule has 0 aromatic carbocycles. The molecule has 0 aliphatic rings. The lowest BCUT2D eigenvalue weighted by atomic mass is 10.1. The normalized spacial score (nSPS) is 12.7. The monoisotopic (exact) mass is 185 g/mol. The zero-order valence-electron chi connectivity index (χ0n) is 8.70. The first-order chi connectivity index (χ1) is 6.77. The van der Waals surface area contributed by atoms with Gasteiger partial charge in [-0.25, -0.2) is 0 Å². The van der Waals surface area contributed by atoms with E-state index in [1.807, 2.05) is 31.3 Å². The van der Waals surface area contributed by atoms with Crippen LogP contribution >= 0.6 is 0 Å². The second-order valence-electron chi connectivity index (χ2n) is 3.08. The standard InChI is InChI=1S/C13H15N/c1-4-11(3)9-12(5-2)13-7-6-8-14-10-13/h4-10H,2H2,1,3H3/b11-4-,12-9+. The van der Waals surface area contributed by atoms with E-state index in [9.17, 15) is 0 Å². The Hall–Kier alpha value is -1.63. The van der Waals surface area contributed by atoms with E-state index in [1.54, 1.807) is 6.20 Å². The van der Waals surface area contributed by atoms with E-state index in [4.69, 9.17) is 0 Å². The van der Waals surface area contributed by atoms with Crippen molar-refractivity contribution in [2.45, 2.75) is 13.8 Å². The van der Waals surface area contributed by atoms with Gasteiger partial charge in [-0.05, 0) is 31.1 Å². The molecule has 0 fully saturated rings. The number of aromatic nitrogens is 1. The first-order valence-corrected chi connectivity index (χ1v) is 4.65. The lowest BCUT2D eigenvalue weighted by molar-refractivity contribution is 1.31. The van der Waals surface area contributed by atoms with Gasteiger partial charge < -0.3 is 0 Å². The van der Waals surface area contributed by atoms with Gasteiger partial charge in [-0.2, -0.15) is 0 Å². The number of hydrogen-bond donors (Lipinski definition) is 0. The molecule has 1 heteroatoms. The first-order valence-electron chi connectivity index (χ1n) is 4.65. The Morgan fingerprint density at radius 1 is 1.50 bits per heavy atom. The number of allylic oxidation sites excluding steroid dienone is 5. The van der Waals surface area contributed by atoms with Crippen molar-refractivity contribution in [3.05, 3.63) is 60.5 Å². The van der Waals surface area contributed by atoms with Crippen LogP contribution in [0.5, 0.6) is 0 Å². The molecular formula is C13H15N. The minimum absolute atomic E-state index is 1.10. The van der Waals surface area contributed by atoms with Gasteiger partial charge in [-0.1, -0.05) is 36.4 Å². The third-order valence-electron chi connectivity index (χ3n) is 2.05. The molecule has 0 spiro atoms. The van der Waals surface area contributed by atoms with E-state index in [2.05, 4.69) is 30.6 Å². The lowest BCUT2D eigenvalue weighted by Gasteiger charge is -2.01. The van der Waals surface area contributed by atoms with E-state index in [1.165, 1.54) is 5.57 Å². The molecule has 72 valence electrons. The molecule has 0 bridgehead atoms. The molecule has 0 atom stereocenters. The molecule has 1 nitrogen and oxygen atoms in total. The molecule has 0 saturated heterocycles. The number of hydrogen-bond acceptors (Lipinski definition) is 1. The van der Waals surface area contributed by atoms with Crippen molar-refractivity contribution in [2.75, 3.05) is 0 Å². The fourth-order valence-electron chi connectivity index (χ4n) is 1.12. The van der Waals surface area contributed by atoms with Gasteiger partial charge in [0.15, 0.2) is 0 Å².